The molecule has 0 spiro atoms. The Bertz CT molecular complexity index is 6530. The van der Waals surface area contributed by atoms with Crippen LogP contribution in [0.2, 0.25) is 0 Å². The third-order valence-corrected chi connectivity index (χ3v) is 24.2. The molecule has 0 amide bonds. The van der Waals surface area contributed by atoms with Crippen LogP contribution in [0.4, 0.5) is 34.1 Å². The Hall–Kier alpha value is -13.0. The van der Waals surface area contributed by atoms with Crippen molar-refractivity contribution in [3.05, 3.63) is 356 Å². The van der Waals surface area contributed by atoms with Crippen LogP contribution in [0.5, 0.6) is 0 Å². The van der Waals surface area contributed by atoms with Gasteiger partial charge in [-0.25, -0.2) is 0 Å². The summed E-state index contributed by atoms with van der Waals surface area (Å²) in [5.74, 6) is 0. The first-order valence-electron chi connectivity index (χ1n) is 39.3. The highest BCUT2D eigenvalue weighted by Gasteiger charge is 2.47. The van der Waals surface area contributed by atoms with Crippen LogP contribution in [0.25, 0.3) is 143 Å². The van der Waals surface area contributed by atoms with E-state index in [0.717, 1.165) is 67.8 Å². The largest absolute Gasteiger partial charge is 0.310 e. The lowest BCUT2D eigenvalue weighted by Crippen LogP contribution is -2.61. The summed E-state index contributed by atoms with van der Waals surface area (Å²) in [5.41, 5.74) is 29.7. The average Bonchev–Trinajstić information content (AvgIpc) is 1.07. The minimum atomic E-state index is -0.358. The monoisotopic (exact) mass is 1420 g/mol. The molecular weight excluding hydrogens is 1340 g/mol. The second kappa shape index (κ2) is 24.8. The molecule has 0 N–H and O–H groups in total. The average molecular weight is 1420 g/mol. The van der Waals surface area contributed by atoms with Crippen molar-refractivity contribution >= 4 is 144 Å². The van der Waals surface area contributed by atoms with E-state index < -0.39 is 0 Å². The summed E-state index contributed by atoms with van der Waals surface area (Å²) < 4.78 is 5.20. The standard InChI is InChI=1S/C106H83BN4/c1-104(2,3)76-58-85(66-30-14-10-15-31-66)102(86(59-76)67-32-16-11-17-33-67)110-95-64-79(108-93-56-74-42-24-22-40-72(74)54-89(93)83-50-46-70-38-26-28-44-81(70)100(83)108)48-52-91(95)107-92-53-49-80(109-94-57-75-43-25-23-41-73(75)55-90(94)84-51-47-71-39-27-29-45-82(71)101(84)109)65-96(92)111(98-63-78(106(7,8)9)62-97(110)99(98)107)103-87(68-34-18-12-19-35-68)60-77(105(4,5)6)61-88(103)69-36-20-13-21-37-69/h10-65H,1-9H3. The highest BCUT2D eigenvalue weighted by molar-refractivity contribution is 7.00. The van der Waals surface area contributed by atoms with Crippen molar-refractivity contribution in [1.82, 2.24) is 9.13 Å². The van der Waals surface area contributed by atoms with Gasteiger partial charge in [-0.05, 0) is 189 Å². The smallest absolute Gasteiger partial charge is 0.252 e. The lowest BCUT2D eigenvalue weighted by atomic mass is 9.33. The predicted octanol–water partition coefficient (Wildman–Crippen LogP) is 27.1. The Morgan fingerprint density at radius 2 is 0.541 bits per heavy atom. The van der Waals surface area contributed by atoms with E-state index in [4.69, 9.17) is 0 Å². The molecule has 0 atom stereocenters. The molecule has 530 valence electrons. The van der Waals surface area contributed by atoms with Crippen LogP contribution in [0.1, 0.15) is 79.0 Å². The summed E-state index contributed by atoms with van der Waals surface area (Å²) in [6, 6.07) is 130. The number of aromatic nitrogens is 2. The van der Waals surface area contributed by atoms with E-state index in [0.29, 0.717) is 0 Å². The highest BCUT2D eigenvalue weighted by atomic mass is 15.2. The van der Waals surface area contributed by atoms with Crippen LogP contribution in [-0.2, 0) is 16.2 Å². The van der Waals surface area contributed by atoms with Crippen molar-refractivity contribution in [3.8, 4) is 55.9 Å². The molecule has 4 heterocycles. The minimum absolute atomic E-state index is 0.211. The number of anilines is 6. The maximum atomic E-state index is 2.76. The van der Waals surface area contributed by atoms with E-state index in [-0.39, 0.29) is 23.0 Å². The number of fused-ring (bicyclic) bond motifs is 16. The normalized spacial score (nSPS) is 13.0. The summed E-state index contributed by atoms with van der Waals surface area (Å²) >= 11 is 0. The Kier molecular flexibility index (Phi) is 14.8. The molecule has 19 aromatic rings. The molecule has 0 saturated heterocycles. The molecule has 2 aliphatic heterocycles. The van der Waals surface area contributed by atoms with Gasteiger partial charge in [0.15, 0.2) is 0 Å². The number of benzene rings is 17. The van der Waals surface area contributed by atoms with Crippen molar-refractivity contribution < 1.29 is 0 Å². The molecule has 0 radical (unpaired) electrons. The summed E-state index contributed by atoms with van der Waals surface area (Å²) in [5, 5.41) is 14.6. The zero-order valence-corrected chi connectivity index (χ0v) is 64.2. The van der Waals surface area contributed by atoms with Crippen LogP contribution in [0.3, 0.4) is 0 Å². The third kappa shape index (κ3) is 10.5. The molecule has 21 rings (SSSR count). The summed E-state index contributed by atoms with van der Waals surface area (Å²) in [6.07, 6.45) is 0. The van der Waals surface area contributed by atoms with Gasteiger partial charge in [-0.15, -0.1) is 0 Å². The molecule has 5 heteroatoms. The van der Waals surface area contributed by atoms with E-state index in [1.165, 1.54) is 142 Å². The van der Waals surface area contributed by atoms with E-state index >= 15 is 0 Å². The molecular formula is C106H83BN4. The van der Waals surface area contributed by atoms with Crippen molar-refractivity contribution in [2.24, 2.45) is 0 Å². The third-order valence-electron chi connectivity index (χ3n) is 24.2. The van der Waals surface area contributed by atoms with Gasteiger partial charge in [0, 0.05) is 88.7 Å². The molecule has 0 unspecified atom stereocenters. The molecule has 0 bridgehead atoms. The van der Waals surface area contributed by atoms with E-state index in [2.05, 4.69) is 421 Å². The van der Waals surface area contributed by atoms with Crippen LogP contribution < -0.4 is 26.2 Å². The summed E-state index contributed by atoms with van der Waals surface area (Å²) in [4.78, 5) is 5.51. The lowest BCUT2D eigenvalue weighted by Gasteiger charge is -2.47. The van der Waals surface area contributed by atoms with Crippen molar-refractivity contribution in [1.29, 1.82) is 0 Å². The van der Waals surface area contributed by atoms with Gasteiger partial charge in [0.1, 0.15) is 0 Å². The molecule has 0 fully saturated rings. The van der Waals surface area contributed by atoms with Gasteiger partial charge in [-0.1, -0.05) is 317 Å². The zero-order chi connectivity index (χ0) is 74.9. The van der Waals surface area contributed by atoms with Gasteiger partial charge in [-0.2, -0.15) is 0 Å². The minimum Gasteiger partial charge on any atom is -0.310 e. The van der Waals surface area contributed by atoms with Crippen LogP contribution >= 0.6 is 0 Å². The first kappa shape index (κ1) is 66.3. The summed E-state index contributed by atoms with van der Waals surface area (Å²) in [7, 11) is 0. The van der Waals surface area contributed by atoms with Crippen molar-refractivity contribution in [2.75, 3.05) is 9.80 Å². The van der Waals surface area contributed by atoms with E-state index in [1.54, 1.807) is 0 Å². The van der Waals surface area contributed by atoms with Crippen molar-refractivity contribution in [2.45, 2.75) is 78.6 Å². The quantitative estimate of drug-likeness (QED) is 0.141. The summed E-state index contributed by atoms with van der Waals surface area (Å²) in [6.45, 7) is 21.2. The molecule has 2 aromatic heterocycles. The van der Waals surface area contributed by atoms with Crippen molar-refractivity contribution in [3.63, 3.8) is 0 Å². The molecule has 0 saturated carbocycles. The Labute approximate surface area is 649 Å². The Balaban J connectivity index is 0.959. The molecule has 111 heavy (non-hydrogen) atoms. The van der Waals surface area contributed by atoms with E-state index in [1.807, 2.05) is 0 Å². The predicted molar refractivity (Wildman–Crippen MR) is 477 cm³/mol. The second-order valence-corrected chi connectivity index (χ2v) is 34.0. The highest BCUT2D eigenvalue weighted by Crippen LogP contribution is 2.56. The Morgan fingerprint density at radius 3 is 0.883 bits per heavy atom. The first-order chi connectivity index (χ1) is 54.0. The van der Waals surface area contributed by atoms with E-state index in [9.17, 15) is 0 Å². The van der Waals surface area contributed by atoms with Gasteiger partial charge < -0.3 is 18.9 Å². The second-order valence-electron chi connectivity index (χ2n) is 34.0. The van der Waals surface area contributed by atoms with Crippen LogP contribution in [0, 0.1) is 0 Å². The molecule has 4 nitrogen and oxygen atoms in total. The van der Waals surface area contributed by atoms with Crippen LogP contribution in [-0.4, -0.2) is 15.8 Å². The number of hydrogen-bond acceptors (Lipinski definition) is 2. The van der Waals surface area contributed by atoms with Gasteiger partial charge in [-0.3, -0.25) is 0 Å². The van der Waals surface area contributed by atoms with Gasteiger partial charge in [0.2, 0.25) is 0 Å². The Morgan fingerprint density at radius 1 is 0.234 bits per heavy atom. The van der Waals surface area contributed by atoms with Gasteiger partial charge >= 0.3 is 0 Å². The fourth-order valence-electron chi connectivity index (χ4n) is 18.6. The number of nitrogens with zero attached hydrogens (tertiary/aromatic N) is 4. The SMILES string of the molecule is CC(C)(C)c1cc(-c2ccccc2)c(N2c3cc(-n4c5cc6ccccc6cc5c5ccc6ccccc6c54)ccc3B3c4ccc(-n5c6cc7ccccc7cc6c6ccc7ccccc7c65)cc4N(c4c(-c5ccccc5)cc(C(C)(C)C)cc4-c4ccccc4)c4cc(C(C)(C)C)cc2c43)c(-c2ccccc2)c1. The maximum Gasteiger partial charge on any atom is 0.252 e. The number of rotatable bonds is 8. The van der Waals surface area contributed by atoms with Gasteiger partial charge in [0.05, 0.1) is 33.4 Å². The molecule has 0 aliphatic carbocycles. The fraction of sp³-hybridized carbons (Fsp3) is 0.113. The van der Waals surface area contributed by atoms with Gasteiger partial charge in [0.25, 0.3) is 6.71 Å². The zero-order valence-electron chi connectivity index (χ0n) is 64.2. The van der Waals surface area contributed by atoms with Crippen LogP contribution in [0.15, 0.2) is 340 Å². The lowest BCUT2D eigenvalue weighted by molar-refractivity contribution is 0.590. The number of hydrogen-bond donors (Lipinski definition) is 0. The fourth-order valence-corrected chi connectivity index (χ4v) is 18.6. The maximum absolute atomic E-state index is 2.76. The molecule has 2 aliphatic rings. The molecule has 17 aromatic carbocycles. The first-order valence-corrected chi connectivity index (χ1v) is 39.3. The topological polar surface area (TPSA) is 16.3 Å².